The van der Waals surface area contributed by atoms with Crippen molar-refractivity contribution in [2.45, 2.75) is 0 Å². The van der Waals surface area contributed by atoms with Crippen molar-refractivity contribution >= 4 is 18.5 Å². The van der Waals surface area contributed by atoms with E-state index in [-0.39, 0.29) is 63.6 Å². The summed E-state index contributed by atoms with van der Waals surface area (Å²) in [5.74, 6) is 0. The Hall–Kier alpha value is -0.703. The number of carbonyl (C=O) groups excluding carboxylic acids is 1. The van der Waals surface area contributed by atoms with E-state index in [1.807, 2.05) is 0 Å². The van der Waals surface area contributed by atoms with Crippen molar-refractivity contribution < 1.29 is 73.0 Å². The molecular weight excluding hydrogens is 335 g/mol. The van der Waals surface area contributed by atoms with Gasteiger partial charge in [-0.3, -0.25) is 0 Å². The van der Waals surface area contributed by atoms with Gasteiger partial charge in [0.2, 0.25) is 0 Å². The fourth-order valence-corrected chi connectivity index (χ4v) is 0.163. The molecule has 0 aliphatic rings. The quantitative estimate of drug-likeness (QED) is 0.205. The molecule has 16 heavy (non-hydrogen) atoms. The zero-order valence-corrected chi connectivity index (χ0v) is 14.6. The van der Waals surface area contributed by atoms with Crippen LogP contribution < -0.4 is 24.6 Å². The molecule has 0 aromatic heterocycles. The van der Waals surface area contributed by atoms with Crippen molar-refractivity contribution in [3.63, 3.8) is 0 Å². The molecule has 0 atom stereocenters. The van der Waals surface area contributed by atoms with Crippen LogP contribution in [0.25, 0.3) is 0 Å². The van der Waals surface area contributed by atoms with Crippen LogP contribution in [0, 0.1) is 0 Å². The molecule has 0 radical (unpaired) electrons. The van der Waals surface area contributed by atoms with Gasteiger partial charge in [0.05, 0.1) is 0 Å². The molecule has 0 aliphatic carbocycles. The fraction of sp³-hybridized carbons (Fsp3) is 0. The minimum absolute atomic E-state index is 0. The molecule has 13 heteroatoms. The first-order valence-corrected chi connectivity index (χ1v) is 1.88. The molecule has 0 spiro atoms. The standard InChI is InChI=1S/C3H2O7.4H3N.2Zn/c4-1(5)9-3(8)10-2(6)7;;;;;;/h(H,4,5)(H,6,7);4*1H3;;. The number of carboxylic acid groups (broad SMARTS) is 2. The zero-order valence-electron chi connectivity index (χ0n) is 8.68. The number of hydrogen-bond donors (Lipinski definition) is 6. The number of rotatable bonds is 0. The molecule has 0 rings (SSSR count). The maximum atomic E-state index is 9.86. The summed E-state index contributed by atoms with van der Waals surface area (Å²) in [6.45, 7) is 0. The maximum Gasteiger partial charge on any atom is 0.528 e. The molecule has 0 amide bonds. The van der Waals surface area contributed by atoms with Crippen LogP contribution in [0.1, 0.15) is 0 Å². The normalized spacial score (nSPS) is 5.00. The second-order valence-electron chi connectivity index (χ2n) is 0.986. The largest absolute Gasteiger partial charge is 0.528 e. The van der Waals surface area contributed by atoms with Crippen molar-refractivity contribution in [2.75, 3.05) is 0 Å². The summed E-state index contributed by atoms with van der Waals surface area (Å²) in [6, 6.07) is 0. The first-order valence-electron chi connectivity index (χ1n) is 1.88. The Morgan fingerprint density at radius 3 is 1.00 bits per heavy atom. The van der Waals surface area contributed by atoms with Crippen LogP contribution in [0.5, 0.6) is 0 Å². The van der Waals surface area contributed by atoms with Crippen molar-refractivity contribution in [2.24, 2.45) is 0 Å². The predicted molar refractivity (Wildman–Crippen MR) is 43.7 cm³/mol. The molecule has 14 N–H and O–H groups in total. The first-order chi connectivity index (χ1) is 4.52. The third-order valence-corrected chi connectivity index (χ3v) is 0.341. The molecule has 0 saturated carbocycles. The number of hydrogen-bond acceptors (Lipinski definition) is 9. The van der Waals surface area contributed by atoms with E-state index < -0.39 is 18.5 Å². The van der Waals surface area contributed by atoms with Gasteiger partial charge in [-0.05, 0) is 0 Å². The van der Waals surface area contributed by atoms with Crippen molar-refractivity contribution in [1.82, 2.24) is 24.6 Å². The molecule has 0 heterocycles. The summed E-state index contributed by atoms with van der Waals surface area (Å²) in [7, 11) is 0. The second-order valence-corrected chi connectivity index (χ2v) is 0.986. The van der Waals surface area contributed by atoms with E-state index in [0.717, 1.165) is 0 Å². The Morgan fingerprint density at radius 2 is 0.875 bits per heavy atom. The Bertz CT molecular complexity index is 172. The van der Waals surface area contributed by atoms with Crippen LogP contribution in [0.15, 0.2) is 0 Å². The molecule has 0 saturated heterocycles. The van der Waals surface area contributed by atoms with Gasteiger partial charge in [0, 0.05) is 39.0 Å². The molecule has 0 aliphatic heterocycles. The maximum absolute atomic E-state index is 9.86. The summed E-state index contributed by atoms with van der Waals surface area (Å²) in [6.07, 6.45) is -5.64. The van der Waals surface area contributed by atoms with Crippen LogP contribution in [-0.4, -0.2) is 28.7 Å². The number of ether oxygens (including phenoxy) is 2. The average Bonchev–Trinajstić information content (AvgIpc) is 1.58. The molecule has 0 fully saturated rings. The van der Waals surface area contributed by atoms with E-state index in [4.69, 9.17) is 10.2 Å². The fourth-order valence-electron chi connectivity index (χ4n) is 0.163. The monoisotopic (exact) mass is 346 g/mol. The molecule has 11 nitrogen and oxygen atoms in total. The van der Waals surface area contributed by atoms with Crippen molar-refractivity contribution in [1.29, 1.82) is 0 Å². The first kappa shape index (κ1) is 45.4. The van der Waals surface area contributed by atoms with E-state index in [9.17, 15) is 14.4 Å². The summed E-state index contributed by atoms with van der Waals surface area (Å²) in [5, 5.41) is 15.4. The number of carbonyl (C=O) groups is 3. The van der Waals surface area contributed by atoms with Crippen LogP contribution >= 0.6 is 0 Å². The van der Waals surface area contributed by atoms with E-state index >= 15 is 0 Å². The van der Waals surface area contributed by atoms with Gasteiger partial charge in [-0.25, -0.2) is 14.4 Å². The predicted octanol–water partition coefficient (Wildman–Crippen LogP) is 1.14. The van der Waals surface area contributed by atoms with Gasteiger partial charge in [-0.2, -0.15) is 0 Å². The SMILES string of the molecule is N.N.N.N.O=C(O)OC(=O)OC(=O)O.[Zn].[Zn]. The van der Waals surface area contributed by atoms with Gasteiger partial charge in [-0.1, -0.05) is 0 Å². The Kier molecular flexibility index (Phi) is 67.7. The van der Waals surface area contributed by atoms with Crippen LogP contribution in [-0.2, 0) is 48.4 Å². The van der Waals surface area contributed by atoms with Crippen molar-refractivity contribution in [3.8, 4) is 0 Å². The second kappa shape index (κ2) is 23.8. The molecule has 0 bridgehead atoms. The summed E-state index contributed by atoms with van der Waals surface area (Å²) in [4.78, 5) is 28.8. The van der Waals surface area contributed by atoms with E-state index in [1.54, 1.807) is 0 Å². The summed E-state index contributed by atoms with van der Waals surface area (Å²) in [5.41, 5.74) is 0. The third-order valence-electron chi connectivity index (χ3n) is 0.341. The van der Waals surface area contributed by atoms with Gasteiger partial charge in [0.1, 0.15) is 0 Å². The Morgan fingerprint density at radius 1 is 0.688 bits per heavy atom. The minimum atomic E-state index is -1.92. The third kappa shape index (κ3) is 37.8. The summed E-state index contributed by atoms with van der Waals surface area (Å²) >= 11 is 0. The van der Waals surface area contributed by atoms with Gasteiger partial charge in [0.25, 0.3) is 0 Å². The van der Waals surface area contributed by atoms with Gasteiger partial charge >= 0.3 is 18.5 Å². The Labute approximate surface area is 116 Å². The van der Waals surface area contributed by atoms with Gasteiger partial charge in [0.15, 0.2) is 0 Å². The molecule has 0 unspecified atom stereocenters. The van der Waals surface area contributed by atoms with Crippen molar-refractivity contribution in [3.05, 3.63) is 0 Å². The topological polar surface area (TPSA) is 250 Å². The van der Waals surface area contributed by atoms with Gasteiger partial charge < -0.3 is 44.3 Å². The Balaban J connectivity index is -0.0000000270. The molecule has 92 valence electrons. The van der Waals surface area contributed by atoms with Crippen LogP contribution in [0.3, 0.4) is 0 Å². The van der Waals surface area contributed by atoms with E-state index in [1.165, 1.54) is 0 Å². The average molecular weight is 349 g/mol. The zero-order chi connectivity index (χ0) is 8.15. The van der Waals surface area contributed by atoms with E-state index in [2.05, 4.69) is 9.47 Å². The van der Waals surface area contributed by atoms with E-state index in [0.29, 0.717) is 0 Å². The molecular formula is C3H14N4O7Zn2. The minimum Gasteiger partial charge on any atom is -0.449 e. The molecule has 0 aromatic carbocycles. The summed E-state index contributed by atoms with van der Waals surface area (Å²) < 4.78 is 6.47. The molecule has 0 aromatic rings. The van der Waals surface area contributed by atoms with Crippen LogP contribution in [0.4, 0.5) is 14.4 Å². The van der Waals surface area contributed by atoms with Gasteiger partial charge in [-0.15, -0.1) is 0 Å². The smallest absolute Gasteiger partial charge is 0.449 e. The van der Waals surface area contributed by atoms with Crippen LogP contribution in [0.2, 0.25) is 0 Å².